The largest absolute Gasteiger partial charge is 0.392 e. The highest BCUT2D eigenvalue weighted by Gasteiger charge is 2.45. The third-order valence-corrected chi connectivity index (χ3v) is 6.77. The normalized spacial score (nSPS) is 25.5. The minimum absolute atomic E-state index is 0.0327. The monoisotopic (exact) mass is 333 g/mol. The van der Waals surface area contributed by atoms with Crippen molar-refractivity contribution in [2.75, 3.05) is 19.7 Å². The topological polar surface area (TPSA) is 57.6 Å². The summed E-state index contributed by atoms with van der Waals surface area (Å²) >= 11 is 0. The number of aryl methyl sites for hydroxylation is 1. The number of allylic oxidation sites excluding steroid dienone is 2. The van der Waals surface area contributed by atoms with Crippen molar-refractivity contribution in [3.8, 4) is 0 Å². The summed E-state index contributed by atoms with van der Waals surface area (Å²) in [6.45, 7) is 6.98. The number of nitrogens with zero attached hydrogens (tertiary/aromatic N) is 1. The molecule has 2 aliphatic rings. The maximum absolute atomic E-state index is 12.9. The third-order valence-electron chi connectivity index (χ3n) is 4.96. The van der Waals surface area contributed by atoms with Gasteiger partial charge in [-0.25, -0.2) is 8.42 Å². The summed E-state index contributed by atoms with van der Waals surface area (Å²) in [5.41, 5.74) is 4.06. The maximum Gasteiger partial charge on any atom is 0.243 e. The number of hydrogen-bond donors (Lipinski definition) is 1. The fourth-order valence-electron chi connectivity index (χ4n) is 3.75. The summed E-state index contributed by atoms with van der Waals surface area (Å²) in [4.78, 5) is 0.346. The SMILES string of the molecule is CC1=C2CN(S(=O)(=O)c3ccc(C)cc3)CC2(C)CC(CO)=C1. The molecule has 1 saturated heterocycles. The number of sulfonamides is 1. The summed E-state index contributed by atoms with van der Waals surface area (Å²) < 4.78 is 27.4. The molecule has 1 aromatic rings. The van der Waals surface area contributed by atoms with E-state index >= 15 is 0 Å². The fourth-order valence-corrected chi connectivity index (χ4v) is 5.28. The van der Waals surface area contributed by atoms with Crippen molar-refractivity contribution in [1.82, 2.24) is 4.31 Å². The van der Waals surface area contributed by atoms with Gasteiger partial charge in [-0.2, -0.15) is 4.31 Å². The molecular formula is C18H23NO3S. The second kappa shape index (κ2) is 5.58. The highest BCUT2D eigenvalue weighted by molar-refractivity contribution is 7.89. The van der Waals surface area contributed by atoms with E-state index in [2.05, 4.69) is 6.92 Å². The molecule has 1 N–H and O–H groups in total. The summed E-state index contributed by atoms with van der Waals surface area (Å²) in [6, 6.07) is 7.00. The first-order valence-corrected chi connectivity index (χ1v) is 9.28. The Hall–Kier alpha value is -1.43. The first-order valence-electron chi connectivity index (χ1n) is 7.84. The number of fused-ring (bicyclic) bond motifs is 1. The van der Waals surface area contributed by atoms with Gasteiger partial charge in [0, 0.05) is 18.5 Å². The van der Waals surface area contributed by atoms with Crippen LogP contribution in [0, 0.1) is 12.3 Å². The summed E-state index contributed by atoms with van der Waals surface area (Å²) in [6.07, 6.45) is 2.72. The van der Waals surface area contributed by atoms with Gasteiger partial charge in [-0.05, 0) is 49.1 Å². The molecule has 1 fully saturated rings. The Balaban J connectivity index is 1.94. The van der Waals surface area contributed by atoms with E-state index in [1.807, 2.05) is 32.1 Å². The quantitative estimate of drug-likeness (QED) is 0.925. The average molecular weight is 333 g/mol. The van der Waals surface area contributed by atoms with Crippen LogP contribution in [0.2, 0.25) is 0 Å². The van der Waals surface area contributed by atoms with Gasteiger partial charge >= 0.3 is 0 Å². The third kappa shape index (κ3) is 2.77. The lowest BCUT2D eigenvalue weighted by Gasteiger charge is -2.31. The molecule has 0 bridgehead atoms. The highest BCUT2D eigenvalue weighted by atomic mass is 32.2. The molecule has 0 aromatic heterocycles. The molecule has 0 amide bonds. The van der Waals surface area contributed by atoms with Gasteiger partial charge in [-0.1, -0.05) is 30.7 Å². The van der Waals surface area contributed by atoms with Crippen molar-refractivity contribution < 1.29 is 13.5 Å². The summed E-state index contributed by atoms with van der Waals surface area (Å²) in [5, 5.41) is 9.45. The molecule has 1 aliphatic carbocycles. The van der Waals surface area contributed by atoms with E-state index in [4.69, 9.17) is 0 Å². The van der Waals surface area contributed by atoms with Gasteiger partial charge in [0.15, 0.2) is 0 Å². The van der Waals surface area contributed by atoms with Gasteiger partial charge in [0.1, 0.15) is 0 Å². The predicted molar refractivity (Wildman–Crippen MR) is 90.5 cm³/mol. The van der Waals surface area contributed by atoms with Crippen LogP contribution in [-0.4, -0.2) is 37.5 Å². The number of hydrogen-bond acceptors (Lipinski definition) is 3. The van der Waals surface area contributed by atoms with E-state index in [1.165, 1.54) is 5.57 Å². The van der Waals surface area contributed by atoms with Crippen LogP contribution in [0.5, 0.6) is 0 Å². The van der Waals surface area contributed by atoms with Gasteiger partial charge in [-0.3, -0.25) is 0 Å². The Morgan fingerprint density at radius 3 is 2.48 bits per heavy atom. The molecular weight excluding hydrogens is 310 g/mol. The van der Waals surface area contributed by atoms with Crippen LogP contribution < -0.4 is 0 Å². The molecule has 1 unspecified atom stereocenters. The molecule has 5 heteroatoms. The van der Waals surface area contributed by atoms with Crippen LogP contribution in [0.4, 0.5) is 0 Å². The lowest BCUT2D eigenvalue weighted by Crippen LogP contribution is -2.31. The number of aliphatic hydroxyl groups is 1. The minimum atomic E-state index is -3.49. The van der Waals surface area contributed by atoms with Gasteiger partial charge in [0.05, 0.1) is 11.5 Å². The molecule has 1 atom stereocenters. The van der Waals surface area contributed by atoms with Crippen molar-refractivity contribution in [2.24, 2.45) is 5.41 Å². The Morgan fingerprint density at radius 2 is 1.87 bits per heavy atom. The van der Waals surface area contributed by atoms with Crippen molar-refractivity contribution in [2.45, 2.75) is 32.1 Å². The molecule has 1 heterocycles. The molecule has 0 radical (unpaired) electrons. The van der Waals surface area contributed by atoms with Crippen molar-refractivity contribution in [3.63, 3.8) is 0 Å². The second-order valence-electron chi connectivity index (χ2n) is 6.95. The van der Waals surface area contributed by atoms with Crippen LogP contribution in [0.1, 0.15) is 25.8 Å². The van der Waals surface area contributed by atoms with E-state index < -0.39 is 10.0 Å². The van der Waals surface area contributed by atoms with E-state index in [0.717, 1.165) is 23.1 Å². The highest BCUT2D eigenvalue weighted by Crippen LogP contribution is 2.46. The van der Waals surface area contributed by atoms with Crippen LogP contribution in [0.25, 0.3) is 0 Å². The summed E-state index contributed by atoms with van der Waals surface area (Å²) in [5.74, 6) is 0. The number of aliphatic hydroxyl groups excluding tert-OH is 1. The van der Waals surface area contributed by atoms with E-state index in [1.54, 1.807) is 16.4 Å². The molecule has 0 saturated carbocycles. The Labute approximate surface area is 138 Å². The predicted octanol–water partition coefficient (Wildman–Crippen LogP) is 2.64. The van der Waals surface area contributed by atoms with Gasteiger partial charge in [-0.15, -0.1) is 0 Å². The smallest absolute Gasteiger partial charge is 0.243 e. The van der Waals surface area contributed by atoms with Crippen molar-refractivity contribution in [1.29, 1.82) is 0 Å². The van der Waals surface area contributed by atoms with Crippen LogP contribution in [-0.2, 0) is 10.0 Å². The van der Waals surface area contributed by atoms with E-state index in [0.29, 0.717) is 18.0 Å². The average Bonchev–Trinajstić information content (AvgIpc) is 2.86. The lowest BCUT2D eigenvalue weighted by atomic mass is 9.74. The first kappa shape index (κ1) is 16.4. The molecule has 4 nitrogen and oxygen atoms in total. The lowest BCUT2D eigenvalue weighted by molar-refractivity contribution is 0.299. The van der Waals surface area contributed by atoms with Gasteiger partial charge in [0.25, 0.3) is 0 Å². The van der Waals surface area contributed by atoms with Gasteiger partial charge < -0.3 is 5.11 Å². The zero-order valence-corrected chi connectivity index (χ0v) is 14.7. The fraction of sp³-hybridized carbons (Fsp3) is 0.444. The summed E-state index contributed by atoms with van der Waals surface area (Å²) in [7, 11) is -3.49. The molecule has 1 aromatic carbocycles. The standard InChI is InChI=1S/C18H23NO3S/c1-13-4-6-16(7-5-13)23(21,22)19-10-17-14(2)8-15(11-20)9-18(17,3)12-19/h4-8,20H,9-12H2,1-3H3. The van der Waals surface area contributed by atoms with E-state index in [-0.39, 0.29) is 12.0 Å². The Bertz CT molecular complexity index is 790. The van der Waals surface area contributed by atoms with E-state index in [9.17, 15) is 13.5 Å². The zero-order chi connectivity index (χ0) is 16.8. The Morgan fingerprint density at radius 1 is 1.22 bits per heavy atom. The second-order valence-corrected chi connectivity index (χ2v) is 8.88. The molecule has 3 rings (SSSR count). The van der Waals surface area contributed by atoms with Crippen LogP contribution >= 0.6 is 0 Å². The molecule has 1 aliphatic heterocycles. The number of benzene rings is 1. The first-order chi connectivity index (χ1) is 10.8. The molecule has 23 heavy (non-hydrogen) atoms. The Kier molecular flexibility index (Phi) is 3.99. The maximum atomic E-state index is 12.9. The number of rotatable bonds is 3. The van der Waals surface area contributed by atoms with Crippen molar-refractivity contribution in [3.05, 3.63) is 52.6 Å². The van der Waals surface area contributed by atoms with Crippen LogP contribution in [0.3, 0.4) is 0 Å². The molecule has 124 valence electrons. The van der Waals surface area contributed by atoms with Crippen molar-refractivity contribution >= 4 is 10.0 Å². The van der Waals surface area contributed by atoms with Crippen LogP contribution in [0.15, 0.2) is 52.0 Å². The molecule has 0 spiro atoms. The van der Waals surface area contributed by atoms with Gasteiger partial charge in [0.2, 0.25) is 10.0 Å². The minimum Gasteiger partial charge on any atom is -0.392 e. The zero-order valence-electron chi connectivity index (χ0n) is 13.8.